The molecule has 0 bridgehead atoms. The lowest BCUT2D eigenvalue weighted by Crippen LogP contribution is -2.28. The molecule has 1 aromatic heterocycles. The first-order valence-corrected chi connectivity index (χ1v) is 6.47. The van der Waals surface area contributed by atoms with Gasteiger partial charge in [-0.15, -0.1) is 0 Å². The topological polar surface area (TPSA) is 29.9 Å². The second-order valence-electron chi connectivity index (χ2n) is 4.46. The van der Waals surface area contributed by atoms with Gasteiger partial charge in [-0.1, -0.05) is 20.3 Å². The summed E-state index contributed by atoms with van der Waals surface area (Å²) in [6, 6.07) is 0.701. The molecule has 0 aliphatic carbocycles. The molecule has 0 amide bonds. The molecule has 3 heteroatoms. The van der Waals surface area contributed by atoms with E-state index in [9.17, 15) is 0 Å². The first-order valence-electron chi connectivity index (χ1n) is 6.47. The van der Waals surface area contributed by atoms with Gasteiger partial charge in [-0.05, 0) is 37.8 Å². The quantitative estimate of drug-likeness (QED) is 0.734. The summed E-state index contributed by atoms with van der Waals surface area (Å²) in [4.78, 5) is 0. The summed E-state index contributed by atoms with van der Waals surface area (Å²) >= 11 is 0. The predicted octanol–water partition coefficient (Wildman–Crippen LogP) is 2.52. The third kappa shape index (κ3) is 4.79. The van der Waals surface area contributed by atoms with Crippen LogP contribution in [0.15, 0.2) is 12.4 Å². The minimum atomic E-state index is 0.701. The van der Waals surface area contributed by atoms with E-state index < -0.39 is 0 Å². The maximum absolute atomic E-state index is 4.19. The maximum atomic E-state index is 4.19. The highest BCUT2D eigenvalue weighted by Gasteiger charge is 2.05. The van der Waals surface area contributed by atoms with Crippen LogP contribution >= 0.6 is 0 Å². The van der Waals surface area contributed by atoms with E-state index in [1.165, 1.54) is 31.2 Å². The fourth-order valence-electron chi connectivity index (χ4n) is 2.14. The zero-order valence-electron chi connectivity index (χ0n) is 10.9. The number of aromatic nitrogens is 2. The average Bonchev–Trinajstić information content (AvgIpc) is 2.65. The molecule has 1 rings (SSSR count). The van der Waals surface area contributed by atoms with Gasteiger partial charge in [-0.2, -0.15) is 5.10 Å². The maximum Gasteiger partial charge on any atom is 0.0521 e. The van der Waals surface area contributed by atoms with E-state index in [4.69, 9.17) is 0 Å². The van der Waals surface area contributed by atoms with E-state index in [0.29, 0.717) is 6.04 Å². The molecule has 1 heterocycles. The smallest absolute Gasteiger partial charge is 0.0521 e. The van der Waals surface area contributed by atoms with Gasteiger partial charge < -0.3 is 5.32 Å². The van der Waals surface area contributed by atoms with Crippen molar-refractivity contribution in [3.05, 3.63) is 18.0 Å². The molecule has 1 unspecified atom stereocenters. The van der Waals surface area contributed by atoms with Crippen LogP contribution in [0, 0.1) is 0 Å². The van der Waals surface area contributed by atoms with Crippen molar-refractivity contribution in [1.29, 1.82) is 0 Å². The van der Waals surface area contributed by atoms with Gasteiger partial charge in [0.1, 0.15) is 0 Å². The largest absolute Gasteiger partial charge is 0.314 e. The number of hydrogen-bond acceptors (Lipinski definition) is 2. The Kier molecular flexibility index (Phi) is 6.16. The molecule has 92 valence electrons. The Hall–Kier alpha value is -0.830. The van der Waals surface area contributed by atoms with Crippen LogP contribution in [-0.4, -0.2) is 22.4 Å². The Balaban J connectivity index is 2.21. The Morgan fingerprint density at radius 3 is 2.75 bits per heavy atom. The number of nitrogens with one attached hydrogen (secondary N) is 1. The van der Waals surface area contributed by atoms with E-state index in [1.807, 2.05) is 17.9 Å². The molecule has 0 spiro atoms. The van der Waals surface area contributed by atoms with Crippen LogP contribution in [0.25, 0.3) is 0 Å². The summed E-state index contributed by atoms with van der Waals surface area (Å²) in [5.74, 6) is 0. The standard InChI is InChI=1S/C13H25N3/c1-4-7-13(14-5-2)9-6-8-12-10-15-16(3)11-12/h10-11,13-14H,4-9H2,1-3H3. The summed E-state index contributed by atoms with van der Waals surface area (Å²) in [6.45, 7) is 5.52. The number of hydrogen-bond donors (Lipinski definition) is 1. The number of aryl methyl sites for hydroxylation is 2. The van der Waals surface area contributed by atoms with Gasteiger partial charge in [0.2, 0.25) is 0 Å². The zero-order chi connectivity index (χ0) is 11.8. The summed E-state index contributed by atoms with van der Waals surface area (Å²) in [5.41, 5.74) is 1.36. The van der Waals surface area contributed by atoms with Crippen molar-refractivity contribution in [2.45, 2.75) is 52.0 Å². The van der Waals surface area contributed by atoms with Crippen LogP contribution in [0.2, 0.25) is 0 Å². The lowest BCUT2D eigenvalue weighted by atomic mass is 10.0. The van der Waals surface area contributed by atoms with Crippen LogP contribution < -0.4 is 5.32 Å². The van der Waals surface area contributed by atoms with Crippen molar-refractivity contribution in [2.75, 3.05) is 6.54 Å². The minimum Gasteiger partial charge on any atom is -0.314 e. The number of rotatable bonds is 8. The van der Waals surface area contributed by atoms with Crippen molar-refractivity contribution in [1.82, 2.24) is 15.1 Å². The lowest BCUT2D eigenvalue weighted by Gasteiger charge is -2.16. The molecule has 0 fully saturated rings. The molecule has 0 saturated heterocycles. The fraction of sp³-hybridized carbons (Fsp3) is 0.769. The SMILES string of the molecule is CCCC(CCCc1cnn(C)c1)NCC. The number of nitrogens with zero attached hydrogens (tertiary/aromatic N) is 2. The Morgan fingerprint density at radius 1 is 1.38 bits per heavy atom. The van der Waals surface area contributed by atoms with E-state index in [-0.39, 0.29) is 0 Å². The average molecular weight is 223 g/mol. The molecule has 1 aromatic rings. The van der Waals surface area contributed by atoms with Gasteiger partial charge in [0, 0.05) is 19.3 Å². The van der Waals surface area contributed by atoms with Gasteiger partial charge in [0.05, 0.1) is 6.20 Å². The lowest BCUT2D eigenvalue weighted by molar-refractivity contribution is 0.447. The van der Waals surface area contributed by atoms with E-state index in [0.717, 1.165) is 13.0 Å². The highest BCUT2D eigenvalue weighted by molar-refractivity contribution is 5.03. The van der Waals surface area contributed by atoms with Crippen molar-refractivity contribution < 1.29 is 0 Å². The summed E-state index contributed by atoms with van der Waals surface area (Å²) < 4.78 is 1.88. The fourth-order valence-corrected chi connectivity index (χ4v) is 2.14. The van der Waals surface area contributed by atoms with Crippen LogP contribution in [0.4, 0.5) is 0 Å². The summed E-state index contributed by atoms with van der Waals surface area (Å²) in [6.07, 6.45) is 10.3. The Bertz CT molecular complexity index is 274. The molecule has 3 nitrogen and oxygen atoms in total. The molecule has 0 radical (unpaired) electrons. The van der Waals surface area contributed by atoms with Crippen LogP contribution in [0.1, 0.15) is 45.1 Å². The van der Waals surface area contributed by atoms with Gasteiger partial charge in [-0.25, -0.2) is 0 Å². The van der Waals surface area contributed by atoms with Crippen LogP contribution in [-0.2, 0) is 13.5 Å². The van der Waals surface area contributed by atoms with Gasteiger partial charge in [0.15, 0.2) is 0 Å². The second kappa shape index (κ2) is 7.44. The molecule has 0 aliphatic rings. The second-order valence-corrected chi connectivity index (χ2v) is 4.46. The normalized spacial score (nSPS) is 12.9. The van der Waals surface area contributed by atoms with Gasteiger partial charge >= 0.3 is 0 Å². The molecule has 1 N–H and O–H groups in total. The molecule has 0 aromatic carbocycles. The van der Waals surface area contributed by atoms with E-state index in [1.54, 1.807) is 0 Å². The van der Waals surface area contributed by atoms with E-state index in [2.05, 4.69) is 30.5 Å². The Morgan fingerprint density at radius 2 is 2.19 bits per heavy atom. The molecule has 1 atom stereocenters. The monoisotopic (exact) mass is 223 g/mol. The van der Waals surface area contributed by atoms with E-state index >= 15 is 0 Å². The van der Waals surface area contributed by atoms with Gasteiger partial charge in [0.25, 0.3) is 0 Å². The van der Waals surface area contributed by atoms with Crippen molar-refractivity contribution in [2.24, 2.45) is 7.05 Å². The molecule has 0 aliphatic heterocycles. The molecule has 0 saturated carbocycles. The first-order chi connectivity index (χ1) is 7.76. The van der Waals surface area contributed by atoms with Gasteiger partial charge in [-0.3, -0.25) is 4.68 Å². The molecular formula is C13H25N3. The van der Waals surface area contributed by atoms with Crippen LogP contribution in [0.5, 0.6) is 0 Å². The minimum absolute atomic E-state index is 0.701. The summed E-state index contributed by atoms with van der Waals surface area (Å²) in [5, 5.41) is 7.74. The summed E-state index contributed by atoms with van der Waals surface area (Å²) in [7, 11) is 1.97. The van der Waals surface area contributed by atoms with Crippen LogP contribution in [0.3, 0.4) is 0 Å². The highest BCUT2D eigenvalue weighted by Crippen LogP contribution is 2.09. The third-order valence-corrected chi connectivity index (χ3v) is 2.91. The predicted molar refractivity (Wildman–Crippen MR) is 68.5 cm³/mol. The zero-order valence-corrected chi connectivity index (χ0v) is 10.9. The first kappa shape index (κ1) is 13.2. The Labute approximate surface area is 99.2 Å². The van der Waals surface area contributed by atoms with Crippen molar-refractivity contribution >= 4 is 0 Å². The van der Waals surface area contributed by atoms with Crippen molar-refractivity contribution in [3.8, 4) is 0 Å². The third-order valence-electron chi connectivity index (χ3n) is 2.91. The molecule has 16 heavy (non-hydrogen) atoms. The van der Waals surface area contributed by atoms with Crippen molar-refractivity contribution in [3.63, 3.8) is 0 Å². The molecular weight excluding hydrogens is 198 g/mol. The highest BCUT2D eigenvalue weighted by atomic mass is 15.2.